The van der Waals surface area contributed by atoms with E-state index in [1.807, 2.05) is 7.05 Å². The third-order valence-corrected chi connectivity index (χ3v) is 5.19. The molecule has 19 heavy (non-hydrogen) atoms. The van der Waals surface area contributed by atoms with Gasteiger partial charge in [0.25, 0.3) is 0 Å². The van der Waals surface area contributed by atoms with Gasteiger partial charge in [-0.25, -0.2) is 0 Å². The molecule has 0 aromatic carbocycles. The molecular formula is C15H26N2O2. The Labute approximate surface area is 115 Å². The van der Waals surface area contributed by atoms with Crippen molar-refractivity contribution in [2.24, 2.45) is 5.92 Å². The van der Waals surface area contributed by atoms with E-state index >= 15 is 0 Å². The van der Waals surface area contributed by atoms with E-state index in [4.69, 9.17) is 4.74 Å². The average Bonchev–Trinajstić information content (AvgIpc) is 3.33. The van der Waals surface area contributed by atoms with Gasteiger partial charge in [0.15, 0.2) is 0 Å². The Morgan fingerprint density at radius 1 is 1.26 bits per heavy atom. The first-order valence-corrected chi connectivity index (χ1v) is 7.71. The first-order valence-electron chi connectivity index (χ1n) is 7.71. The van der Waals surface area contributed by atoms with Crippen molar-refractivity contribution in [3.05, 3.63) is 0 Å². The fraction of sp³-hybridized carbons (Fsp3) is 0.933. The molecule has 0 aliphatic heterocycles. The summed E-state index contributed by atoms with van der Waals surface area (Å²) >= 11 is 0. The Balaban J connectivity index is 1.66. The van der Waals surface area contributed by atoms with E-state index in [2.05, 4.69) is 10.2 Å². The van der Waals surface area contributed by atoms with Crippen molar-refractivity contribution in [3.8, 4) is 0 Å². The maximum Gasteiger partial charge on any atom is 0.326 e. The number of carbonyl (C=O) groups excluding carboxylic acids is 1. The van der Waals surface area contributed by atoms with Gasteiger partial charge in [0.05, 0.1) is 7.11 Å². The molecule has 3 fully saturated rings. The molecule has 0 aromatic rings. The molecule has 0 amide bonds. The van der Waals surface area contributed by atoms with Gasteiger partial charge in [0.2, 0.25) is 0 Å². The van der Waals surface area contributed by atoms with Crippen molar-refractivity contribution in [2.45, 2.75) is 62.6 Å². The quantitative estimate of drug-likeness (QED) is 0.741. The lowest BCUT2D eigenvalue weighted by atomic mass is 9.97. The Bertz CT molecular complexity index is 352. The van der Waals surface area contributed by atoms with Gasteiger partial charge in [-0.1, -0.05) is 0 Å². The van der Waals surface area contributed by atoms with E-state index in [0.29, 0.717) is 6.04 Å². The first kappa shape index (κ1) is 13.4. The van der Waals surface area contributed by atoms with Crippen molar-refractivity contribution in [3.63, 3.8) is 0 Å². The van der Waals surface area contributed by atoms with Crippen LogP contribution in [0.4, 0.5) is 0 Å². The highest BCUT2D eigenvalue weighted by Crippen LogP contribution is 2.41. The summed E-state index contributed by atoms with van der Waals surface area (Å²) in [5.74, 6) is 0.850. The number of ether oxygens (including phenoxy) is 1. The number of esters is 1. The molecule has 108 valence electrons. The molecule has 2 atom stereocenters. The lowest BCUT2D eigenvalue weighted by Gasteiger charge is -2.31. The fourth-order valence-electron chi connectivity index (χ4n) is 3.61. The summed E-state index contributed by atoms with van der Waals surface area (Å²) in [6, 6.07) is 1.37. The molecule has 3 aliphatic carbocycles. The minimum absolute atomic E-state index is 0.0836. The average molecular weight is 266 g/mol. The zero-order valence-electron chi connectivity index (χ0n) is 12.2. The first-order chi connectivity index (χ1) is 9.18. The Morgan fingerprint density at radius 3 is 2.53 bits per heavy atom. The van der Waals surface area contributed by atoms with Crippen LogP contribution in [0.2, 0.25) is 0 Å². The van der Waals surface area contributed by atoms with Crippen molar-refractivity contribution in [2.75, 3.05) is 20.7 Å². The standard InChI is InChI=1S/C15H26N2O2/c1-16-15(14(18)19-2)8-7-13(9-15)17(12-5-6-12)10-11-3-4-11/h11-13,16H,3-10H2,1-2H3. The number of carbonyl (C=O) groups is 1. The van der Waals surface area contributed by atoms with E-state index in [1.54, 1.807) is 0 Å². The summed E-state index contributed by atoms with van der Waals surface area (Å²) in [6.45, 7) is 1.26. The Kier molecular flexibility index (Phi) is 3.56. The molecule has 0 aromatic heterocycles. The maximum atomic E-state index is 12.1. The largest absolute Gasteiger partial charge is 0.468 e. The molecule has 0 bridgehead atoms. The summed E-state index contributed by atoms with van der Waals surface area (Å²) in [4.78, 5) is 14.8. The lowest BCUT2D eigenvalue weighted by Crippen LogP contribution is -2.50. The van der Waals surface area contributed by atoms with E-state index in [1.165, 1.54) is 39.3 Å². The van der Waals surface area contributed by atoms with Crippen LogP contribution < -0.4 is 5.32 Å². The summed E-state index contributed by atoms with van der Waals surface area (Å²) < 4.78 is 5.01. The normalized spacial score (nSPS) is 34.8. The van der Waals surface area contributed by atoms with Crippen molar-refractivity contribution < 1.29 is 9.53 Å². The van der Waals surface area contributed by atoms with Crippen LogP contribution in [0, 0.1) is 5.92 Å². The molecule has 0 radical (unpaired) electrons. The smallest absolute Gasteiger partial charge is 0.326 e. The molecule has 0 saturated heterocycles. The molecular weight excluding hydrogens is 240 g/mol. The monoisotopic (exact) mass is 266 g/mol. The third-order valence-electron chi connectivity index (χ3n) is 5.19. The topological polar surface area (TPSA) is 41.6 Å². The van der Waals surface area contributed by atoms with Crippen LogP contribution in [-0.4, -0.2) is 49.2 Å². The molecule has 3 saturated carbocycles. The van der Waals surface area contributed by atoms with Gasteiger partial charge in [0, 0.05) is 18.6 Å². The SMILES string of the molecule is CNC1(C(=O)OC)CCC(N(CC2CC2)C2CC2)C1. The molecule has 0 heterocycles. The number of rotatable bonds is 6. The van der Waals surface area contributed by atoms with Gasteiger partial charge in [-0.3, -0.25) is 9.69 Å². The Hall–Kier alpha value is -0.610. The van der Waals surface area contributed by atoms with Gasteiger partial charge >= 0.3 is 5.97 Å². The van der Waals surface area contributed by atoms with Crippen LogP contribution in [-0.2, 0) is 9.53 Å². The molecule has 3 rings (SSSR count). The zero-order valence-corrected chi connectivity index (χ0v) is 12.2. The maximum absolute atomic E-state index is 12.1. The number of nitrogens with zero attached hydrogens (tertiary/aromatic N) is 1. The van der Waals surface area contributed by atoms with Crippen LogP contribution in [0.3, 0.4) is 0 Å². The number of methoxy groups -OCH3 is 1. The van der Waals surface area contributed by atoms with Gasteiger partial charge < -0.3 is 10.1 Å². The summed E-state index contributed by atoms with van der Waals surface area (Å²) in [5, 5.41) is 3.24. The highest BCUT2D eigenvalue weighted by atomic mass is 16.5. The van der Waals surface area contributed by atoms with Crippen molar-refractivity contribution in [1.29, 1.82) is 0 Å². The Morgan fingerprint density at radius 2 is 2.00 bits per heavy atom. The van der Waals surface area contributed by atoms with Crippen LogP contribution in [0.5, 0.6) is 0 Å². The van der Waals surface area contributed by atoms with Crippen LogP contribution in [0.25, 0.3) is 0 Å². The summed E-state index contributed by atoms with van der Waals surface area (Å²) in [6.07, 6.45) is 8.48. The highest BCUT2D eigenvalue weighted by Gasteiger charge is 2.49. The minimum Gasteiger partial charge on any atom is -0.468 e. The third kappa shape index (κ3) is 2.65. The number of nitrogens with one attached hydrogen (secondary N) is 1. The number of hydrogen-bond acceptors (Lipinski definition) is 4. The predicted molar refractivity (Wildman–Crippen MR) is 73.9 cm³/mol. The van der Waals surface area contributed by atoms with E-state index in [9.17, 15) is 4.79 Å². The van der Waals surface area contributed by atoms with Crippen molar-refractivity contribution in [1.82, 2.24) is 10.2 Å². The summed E-state index contributed by atoms with van der Waals surface area (Å²) in [5.41, 5.74) is -0.434. The molecule has 0 spiro atoms. The predicted octanol–water partition coefficient (Wildman–Crippen LogP) is 1.54. The second-order valence-electron chi connectivity index (χ2n) is 6.59. The van der Waals surface area contributed by atoms with Gasteiger partial charge in [-0.05, 0) is 57.9 Å². The van der Waals surface area contributed by atoms with Gasteiger partial charge in [0.1, 0.15) is 5.54 Å². The molecule has 2 unspecified atom stereocenters. The van der Waals surface area contributed by atoms with Crippen LogP contribution >= 0.6 is 0 Å². The molecule has 1 N–H and O–H groups in total. The van der Waals surface area contributed by atoms with Gasteiger partial charge in [-0.15, -0.1) is 0 Å². The van der Waals surface area contributed by atoms with E-state index in [-0.39, 0.29) is 5.97 Å². The van der Waals surface area contributed by atoms with Crippen LogP contribution in [0.15, 0.2) is 0 Å². The number of hydrogen-bond donors (Lipinski definition) is 1. The molecule has 4 nitrogen and oxygen atoms in total. The minimum atomic E-state index is -0.434. The second-order valence-corrected chi connectivity index (χ2v) is 6.59. The lowest BCUT2D eigenvalue weighted by molar-refractivity contribution is -0.148. The molecule has 4 heteroatoms. The zero-order chi connectivity index (χ0) is 13.5. The van der Waals surface area contributed by atoms with E-state index < -0.39 is 5.54 Å². The number of likely N-dealkylation sites (N-methyl/N-ethyl adjacent to an activating group) is 1. The summed E-state index contributed by atoms with van der Waals surface area (Å²) in [7, 11) is 3.39. The van der Waals surface area contributed by atoms with Gasteiger partial charge in [-0.2, -0.15) is 0 Å². The molecule has 3 aliphatic rings. The fourth-order valence-corrected chi connectivity index (χ4v) is 3.61. The van der Waals surface area contributed by atoms with Crippen molar-refractivity contribution >= 4 is 5.97 Å². The van der Waals surface area contributed by atoms with Crippen LogP contribution in [0.1, 0.15) is 44.9 Å². The second kappa shape index (κ2) is 5.06. The highest BCUT2D eigenvalue weighted by molar-refractivity contribution is 5.81. The van der Waals surface area contributed by atoms with E-state index in [0.717, 1.165) is 31.2 Å².